The molecule has 0 fully saturated rings. The van der Waals surface area contributed by atoms with Crippen LogP contribution in [0.15, 0.2) is 47.4 Å². The first-order valence-electron chi connectivity index (χ1n) is 9.64. The molecule has 1 aliphatic rings. The number of anilines is 1. The smallest absolute Gasteiger partial charge is 0.465 e. The lowest BCUT2D eigenvalue weighted by atomic mass is 9.95. The fourth-order valence-electron chi connectivity index (χ4n) is 3.37. The minimum absolute atomic E-state index is 0.0158. The molecule has 0 radical (unpaired) electrons. The minimum Gasteiger partial charge on any atom is -0.465 e. The molecule has 0 amide bonds. The number of alkyl halides is 3. The minimum atomic E-state index is -5.02. The van der Waals surface area contributed by atoms with Gasteiger partial charge >= 0.3 is 12.3 Å². The number of rotatable bonds is 5. The van der Waals surface area contributed by atoms with Crippen LogP contribution in [0, 0.1) is 12.8 Å². The van der Waals surface area contributed by atoms with E-state index < -0.39 is 39.8 Å². The van der Waals surface area contributed by atoms with E-state index in [-0.39, 0.29) is 35.7 Å². The Morgan fingerprint density at radius 3 is 2.41 bits per heavy atom. The highest BCUT2D eigenvalue weighted by molar-refractivity contribution is 7.92. The Hall–Kier alpha value is -3.08. The van der Waals surface area contributed by atoms with Gasteiger partial charge in [-0.2, -0.15) is 0 Å². The number of Topliss-reactive ketones (excluding diaryl/α,β-unsaturated/α-hetero) is 1. The van der Waals surface area contributed by atoms with Gasteiger partial charge in [0.05, 0.1) is 17.2 Å². The maximum absolute atomic E-state index is 13.3. The fraction of sp³-hybridized carbons (Fsp3) is 0.333. The molecule has 2 aromatic rings. The van der Waals surface area contributed by atoms with Crippen LogP contribution in [-0.4, -0.2) is 39.7 Å². The number of hydrogen-bond donors (Lipinski definition) is 0. The second-order valence-electron chi connectivity index (χ2n) is 7.07. The summed E-state index contributed by atoms with van der Waals surface area (Å²) in [6, 6.07) is 8.74. The highest BCUT2D eigenvalue weighted by Gasteiger charge is 2.39. The second kappa shape index (κ2) is 8.81. The third-order valence-corrected chi connectivity index (χ3v) is 6.68. The molecule has 1 atom stereocenters. The van der Waals surface area contributed by atoms with Crippen LogP contribution < -0.4 is 9.04 Å². The van der Waals surface area contributed by atoms with E-state index in [0.29, 0.717) is 0 Å². The van der Waals surface area contributed by atoms with Crippen molar-refractivity contribution in [2.45, 2.75) is 31.5 Å². The molecule has 1 aliphatic heterocycles. The van der Waals surface area contributed by atoms with Gasteiger partial charge in [0, 0.05) is 12.1 Å². The summed E-state index contributed by atoms with van der Waals surface area (Å²) in [6.07, 6.45) is -5.22. The monoisotopic (exact) mass is 471 g/mol. The molecule has 1 unspecified atom stereocenters. The molecule has 0 N–H and O–H groups in total. The molecule has 0 aliphatic carbocycles. The predicted octanol–water partition coefficient (Wildman–Crippen LogP) is 3.85. The summed E-state index contributed by atoms with van der Waals surface area (Å²) in [5.74, 6) is -3.79. The van der Waals surface area contributed by atoms with Crippen LogP contribution in [-0.2, 0) is 19.6 Å². The van der Waals surface area contributed by atoms with Crippen molar-refractivity contribution in [3.63, 3.8) is 0 Å². The van der Waals surface area contributed by atoms with Gasteiger partial charge in [-0.05, 0) is 50.6 Å². The van der Waals surface area contributed by atoms with Crippen LogP contribution in [0.2, 0.25) is 0 Å². The van der Waals surface area contributed by atoms with Crippen molar-refractivity contribution in [2.24, 2.45) is 5.92 Å². The first-order chi connectivity index (χ1) is 14.9. The van der Waals surface area contributed by atoms with Crippen LogP contribution in [0.1, 0.15) is 29.3 Å². The van der Waals surface area contributed by atoms with Gasteiger partial charge in [-0.1, -0.05) is 17.7 Å². The Bertz CT molecular complexity index is 1130. The molecule has 172 valence electrons. The number of ether oxygens (including phenoxy) is 2. The van der Waals surface area contributed by atoms with Crippen LogP contribution in [0.25, 0.3) is 0 Å². The molecule has 11 heteroatoms. The number of benzene rings is 2. The third kappa shape index (κ3) is 4.87. The molecular formula is C21H20F3NO6S. The van der Waals surface area contributed by atoms with E-state index in [1.807, 2.05) is 0 Å². The normalized spacial score (nSPS) is 16.8. The maximum Gasteiger partial charge on any atom is 0.573 e. The Morgan fingerprint density at radius 2 is 1.81 bits per heavy atom. The van der Waals surface area contributed by atoms with E-state index in [1.54, 1.807) is 19.1 Å². The Labute approximate surface area is 182 Å². The molecule has 0 bridgehead atoms. The van der Waals surface area contributed by atoms with E-state index in [1.165, 1.54) is 19.1 Å². The van der Waals surface area contributed by atoms with E-state index in [2.05, 4.69) is 4.74 Å². The second-order valence-corrected chi connectivity index (χ2v) is 8.94. The zero-order chi connectivity index (χ0) is 23.7. The molecule has 2 aromatic carbocycles. The van der Waals surface area contributed by atoms with Gasteiger partial charge in [-0.3, -0.25) is 13.9 Å². The van der Waals surface area contributed by atoms with E-state index in [0.717, 1.165) is 28.1 Å². The Balaban J connectivity index is 2.14. The van der Waals surface area contributed by atoms with Crippen molar-refractivity contribution in [2.75, 3.05) is 17.5 Å². The van der Waals surface area contributed by atoms with Crippen molar-refractivity contribution < 1.29 is 40.7 Å². The summed E-state index contributed by atoms with van der Waals surface area (Å²) in [4.78, 5) is 25.3. The van der Waals surface area contributed by atoms with E-state index >= 15 is 0 Å². The van der Waals surface area contributed by atoms with Gasteiger partial charge in [0.15, 0.2) is 5.78 Å². The number of ketones is 1. The molecule has 0 saturated heterocycles. The number of halogens is 3. The topological polar surface area (TPSA) is 90.0 Å². The van der Waals surface area contributed by atoms with Gasteiger partial charge in [0.25, 0.3) is 10.0 Å². The van der Waals surface area contributed by atoms with Crippen LogP contribution >= 0.6 is 0 Å². The molecule has 32 heavy (non-hydrogen) atoms. The molecule has 3 rings (SSSR count). The van der Waals surface area contributed by atoms with Crippen LogP contribution in [0.3, 0.4) is 0 Å². The average molecular weight is 471 g/mol. The Kier molecular flexibility index (Phi) is 6.49. The number of esters is 1. The summed E-state index contributed by atoms with van der Waals surface area (Å²) in [6.45, 7) is 3.05. The summed E-state index contributed by atoms with van der Waals surface area (Å²) in [5.41, 5.74) is 0.307. The standard InChI is InChI=1S/C21H20F3NO6S/c1-3-30-20(27)16-10-11-25(32(28,29)15-7-4-13(2)5-8-15)18-9-6-14(31-21(22,23)24)12-17(18)19(16)26/h4-9,12,16H,3,10-11H2,1-2H3. The molecule has 1 heterocycles. The highest BCUT2D eigenvalue weighted by atomic mass is 32.2. The van der Waals surface area contributed by atoms with Crippen molar-refractivity contribution in [1.82, 2.24) is 0 Å². The van der Waals surface area contributed by atoms with E-state index in [9.17, 15) is 31.2 Å². The molecule has 0 aromatic heterocycles. The summed E-state index contributed by atoms with van der Waals surface area (Å²) in [7, 11) is -4.18. The largest absolute Gasteiger partial charge is 0.573 e. The number of aryl methyl sites for hydroxylation is 1. The lowest BCUT2D eigenvalue weighted by molar-refractivity contribution is -0.274. The quantitative estimate of drug-likeness (QED) is 0.486. The number of carbonyl (C=O) groups excluding carboxylic acids is 2. The number of sulfonamides is 1. The van der Waals surface area contributed by atoms with Crippen molar-refractivity contribution in [3.8, 4) is 5.75 Å². The zero-order valence-electron chi connectivity index (χ0n) is 17.2. The summed E-state index contributed by atoms with van der Waals surface area (Å²) < 4.78 is 74.4. The molecule has 0 saturated carbocycles. The highest BCUT2D eigenvalue weighted by Crippen LogP contribution is 2.37. The third-order valence-electron chi connectivity index (χ3n) is 4.85. The average Bonchev–Trinajstić information content (AvgIpc) is 2.84. The van der Waals surface area contributed by atoms with Gasteiger partial charge in [-0.15, -0.1) is 13.2 Å². The van der Waals surface area contributed by atoms with Crippen LogP contribution in [0.5, 0.6) is 5.75 Å². The van der Waals surface area contributed by atoms with Crippen molar-refractivity contribution >= 4 is 27.5 Å². The molecular weight excluding hydrogens is 451 g/mol. The number of carbonyl (C=O) groups is 2. The number of hydrogen-bond acceptors (Lipinski definition) is 6. The first-order valence-corrected chi connectivity index (χ1v) is 11.1. The van der Waals surface area contributed by atoms with Gasteiger partial charge in [0.1, 0.15) is 11.7 Å². The number of fused-ring (bicyclic) bond motifs is 1. The summed E-state index contributed by atoms with van der Waals surface area (Å²) >= 11 is 0. The van der Waals surface area contributed by atoms with Crippen molar-refractivity contribution in [3.05, 3.63) is 53.6 Å². The fourth-order valence-corrected chi connectivity index (χ4v) is 4.87. The van der Waals surface area contributed by atoms with Crippen molar-refractivity contribution in [1.29, 1.82) is 0 Å². The maximum atomic E-state index is 13.3. The van der Waals surface area contributed by atoms with Gasteiger partial charge in [-0.25, -0.2) is 8.42 Å². The predicted molar refractivity (Wildman–Crippen MR) is 108 cm³/mol. The SMILES string of the molecule is CCOC(=O)C1CCN(S(=O)(=O)c2ccc(C)cc2)c2ccc(OC(F)(F)F)cc2C1=O. The lowest BCUT2D eigenvalue weighted by Crippen LogP contribution is -2.33. The first kappa shape index (κ1) is 23.6. The lowest BCUT2D eigenvalue weighted by Gasteiger charge is -2.24. The van der Waals surface area contributed by atoms with Crippen LogP contribution in [0.4, 0.5) is 18.9 Å². The Morgan fingerprint density at radius 1 is 1.16 bits per heavy atom. The van der Waals surface area contributed by atoms with Gasteiger partial charge in [0.2, 0.25) is 0 Å². The summed E-state index contributed by atoms with van der Waals surface area (Å²) in [5, 5.41) is 0. The molecule has 0 spiro atoms. The van der Waals surface area contributed by atoms with E-state index in [4.69, 9.17) is 4.74 Å². The van der Waals surface area contributed by atoms with Gasteiger partial charge < -0.3 is 9.47 Å². The number of nitrogens with zero attached hydrogens (tertiary/aromatic N) is 1. The molecule has 7 nitrogen and oxygen atoms in total. The zero-order valence-corrected chi connectivity index (χ0v) is 18.0.